The molecule has 0 aromatic carbocycles. The summed E-state index contributed by atoms with van der Waals surface area (Å²) >= 11 is 0. The molecule has 1 unspecified atom stereocenters. The Morgan fingerprint density at radius 3 is 2.22 bits per heavy atom. The SMILES string of the molecule is CCCC(C)NCCN1CCN(C(C)(C)C)CC1. The largest absolute Gasteiger partial charge is 0.313 e. The molecule has 0 spiro atoms. The first kappa shape index (κ1) is 15.9. The van der Waals surface area contributed by atoms with Gasteiger partial charge in [-0.2, -0.15) is 0 Å². The molecule has 108 valence electrons. The van der Waals surface area contributed by atoms with Gasteiger partial charge in [-0.25, -0.2) is 0 Å². The standard InChI is InChI=1S/C15H33N3/c1-6-7-14(2)16-8-9-17-10-12-18(13-11-17)15(3,4)5/h14,16H,6-13H2,1-5H3. The smallest absolute Gasteiger partial charge is 0.0126 e. The molecule has 1 aliphatic heterocycles. The molecule has 1 aliphatic rings. The van der Waals surface area contributed by atoms with Crippen molar-refractivity contribution in [2.75, 3.05) is 39.3 Å². The van der Waals surface area contributed by atoms with Crippen LogP contribution >= 0.6 is 0 Å². The second-order valence-electron chi connectivity index (χ2n) is 6.64. The summed E-state index contributed by atoms with van der Waals surface area (Å²) < 4.78 is 0. The highest BCUT2D eigenvalue weighted by molar-refractivity contribution is 4.82. The van der Waals surface area contributed by atoms with Crippen LogP contribution in [0.4, 0.5) is 0 Å². The topological polar surface area (TPSA) is 18.5 Å². The molecular formula is C15H33N3. The number of nitrogens with zero attached hydrogens (tertiary/aromatic N) is 2. The molecule has 1 N–H and O–H groups in total. The Hall–Kier alpha value is -0.120. The van der Waals surface area contributed by atoms with E-state index < -0.39 is 0 Å². The molecule has 0 radical (unpaired) electrons. The van der Waals surface area contributed by atoms with Gasteiger partial charge in [-0.3, -0.25) is 9.80 Å². The van der Waals surface area contributed by atoms with Crippen LogP contribution in [0, 0.1) is 0 Å². The van der Waals surface area contributed by atoms with Crippen molar-refractivity contribution in [1.29, 1.82) is 0 Å². The van der Waals surface area contributed by atoms with Gasteiger partial charge in [0.25, 0.3) is 0 Å². The van der Waals surface area contributed by atoms with Crippen molar-refractivity contribution in [3.05, 3.63) is 0 Å². The van der Waals surface area contributed by atoms with E-state index in [4.69, 9.17) is 0 Å². The lowest BCUT2D eigenvalue weighted by molar-refractivity contribution is 0.0625. The van der Waals surface area contributed by atoms with Crippen molar-refractivity contribution in [2.24, 2.45) is 0 Å². The second kappa shape index (κ2) is 7.46. The third-order valence-electron chi connectivity index (χ3n) is 3.96. The fourth-order valence-electron chi connectivity index (χ4n) is 2.65. The lowest BCUT2D eigenvalue weighted by atomic mass is 10.1. The van der Waals surface area contributed by atoms with Crippen molar-refractivity contribution < 1.29 is 0 Å². The summed E-state index contributed by atoms with van der Waals surface area (Å²) in [5.74, 6) is 0. The Balaban J connectivity index is 2.13. The molecule has 0 aliphatic carbocycles. The molecule has 3 nitrogen and oxygen atoms in total. The number of hydrogen-bond acceptors (Lipinski definition) is 3. The van der Waals surface area contributed by atoms with Gasteiger partial charge < -0.3 is 5.32 Å². The molecule has 0 aromatic heterocycles. The average molecular weight is 255 g/mol. The fraction of sp³-hybridized carbons (Fsp3) is 1.00. The zero-order valence-corrected chi connectivity index (χ0v) is 13.1. The van der Waals surface area contributed by atoms with Crippen LogP contribution in [-0.4, -0.2) is 60.6 Å². The van der Waals surface area contributed by atoms with E-state index in [1.165, 1.54) is 45.6 Å². The van der Waals surface area contributed by atoms with Gasteiger partial charge in [0.1, 0.15) is 0 Å². The van der Waals surface area contributed by atoms with Crippen LogP contribution in [0.15, 0.2) is 0 Å². The summed E-state index contributed by atoms with van der Waals surface area (Å²) in [5.41, 5.74) is 0.333. The van der Waals surface area contributed by atoms with Crippen molar-refractivity contribution in [2.45, 2.75) is 59.0 Å². The van der Waals surface area contributed by atoms with Gasteiger partial charge in [-0.15, -0.1) is 0 Å². The van der Waals surface area contributed by atoms with Crippen molar-refractivity contribution in [1.82, 2.24) is 15.1 Å². The van der Waals surface area contributed by atoms with Crippen molar-refractivity contribution >= 4 is 0 Å². The second-order valence-corrected chi connectivity index (χ2v) is 6.64. The quantitative estimate of drug-likeness (QED) is 0.785. The highest BCUT2D eigenvalue weighted by Gasteiger charge is 2.25. The van der Waals surface area contributed by atoms with Crippen molar-refractivity contribution in [3.8, 4) is 0 Å². The molecule has 1 heterocycles. The van der Waals surface area contributed by atoms with Gasteiger partial charge in [0.2, 0.25) is 0 Å². The van der Waals surface area contributed by atoms with Crippen LogP contribution in [0.2, 0.25) is 0 Å². The molecule has 0 aromatic rings. The molecule has 0 bridgehead atoms. The molecular weight excluding hydrogens is 222 g/mol. The van der Waals surface area contributed by atoms with Crippen LogP contribution in [0.5, 0.6) is 0 Å². The maximum atomic E-state index is 3.62. The maximum absolute atomic E-state index is 3.62. The summed E-state index contributed by atoms with van der Waals surface area (Å²) in [6, 6.07) is 0.672. The molecule has 3 heteroatoms. The Kier molecular flexibility index (Phi) is 6.61. The summed E-state index contributed by atoms with van der Waals surface area (Å²) in [6.07, 6.45) is 2.57. The summed E-state index contributed by atoms with van der Waals surface area (Å²) in [7, 11) is 0. The highest BCUT2D eigenvalue weighted by atomic mass is 15.3. The first-order chi connectivity index (χ1) is 8.43. The predicted octanol–water partition coefficient (Wildman–Crippen LogP) is 2.18. The van der Waals surface area contributed by atoms with E-state index >= 15 is 0 Å². The summed E-state index contributed by atoms with van der Waals surface area (Å²) in [5, 5.41) is 3.62. The number of rotatable bonds is 6. The summed E-state index contributed by atoms with van der Waals surface area (Å²) in [6.45, 7) is 18.7. The Morgan fingerprint density at radius 1 is 1.11 bits per heavy atom. The Bertz CT molecular complexity index is 214. The Morgan fingerprint density at radius 2 is 1.72 bits per heavy atom. The van der Waals surface area contributed by atoms with Crippen LogP contribution in [-0.2, 0) is 0 Å². The third-order valence-corrected chi connectivity index (χ3v) is 3.96. The first-order valence-electron chi connectivity index (χ1n) is 7.64. The number of piperazine rings is 1. The van der Waals surface area contributed by atoms with E-state index in [1.807, 2.05) is 0 Å². The molecule has 0 amide bonds. The van der Waals surface area contributed by atoms with E-state index in [9.17, 15) is 0 Å². The normalized spacial score (nSPS) is 21.2. The van der Waals surface area contributed by atoms with E-state index in [0.717, 1.165) is 6.54 Å². The van der Waals surface area contributed by atoms with Gasteiger partial charge in [-0.1, -0.05) is 13.3 Å². The van der Waals surface area contributed by atoms with Gasteiger partial charge in [-0.05, 0) is 34.1 Å². The highest BCUT2D eigenvalue weighted by Crippen LogP contribution is 2.15. The first-order valence-corrected chi connectivity index (χ1v) is 7.64. The minimum Gasteiger partial charge on any atom is -0.313 e. The minimum absolute atomic E-state index is 0.333. The van der Waals surface area contributed by atoms with Gasteiger partial charge >= 0.3 is 0 Å². The molecule has 1 fully saturated rings. The fourth-order valence-corrected chi connectivity index (χ4v) is 2.65. The predicted molar refractivity (Wildman–Crippen MR) is 80.1 cm³/mol. The molecule has 18 heavy (non-hydrogen) atoms. The Labute approximate surface area is 114 Å². The lowest BCUT2D eigenvalue weighted by Gasteiger charge is -2.42. The van der Waals surface area contributed by atoms with Crippen LogP contribution in [0.25, 0.3) is 0 Å². The molecule has 1 rings (SSSR count). The zero-order chi connectivity index (χ0) is 13.6. The van der Waals surface area contributed by atoms with Gasteiger partial charge in [0.15, 0.2) is 0 Å². The van der Waals surface area contributed by atoms with Crippen LogP contribution in [0.3, 0.4) is 0 Å². The van der Waals surface area contributed by atoms with E-state index in [0.29, 0.717) is 11.6 Å². The number of nitrogens with one attached hydrogen (secondary N) is 1. The lowest BCUT2D eigenvalue weighted by Crippen LogP contribution is -2.54. The molecule has 1 saturated heterocycles. The molecule has 1 atom stereocenters. The van der Waals surface area contributed by atoms with Crippen LogP contribution < -0.4 is 5.32 Å². The zero-order valence-electron chi connectivity index (χ0n) is 13.1. The average Bonchev–Trinajstić information content (AvgIpc) is 2.29. The van der Waals surface area contributed by atoms with Crippen molar-refractivity contribution in [3.63, 3.8) is 0 Å². The monoisotopic (exact) mass is 255 g/mol. The molecule has 0 saturated carbocycles. The maximum Gasteiger partial charge on any atom is 0.0126 e. The summed E-state index contributed by atoms with van der Waals surface area (Å²) in [4.78, 5) is 5.19. The van der Waals surface area contributed by atoms with E-state index in [1.54, 1.807) is 0 Å². The van der Waals surface area contributed by atoms with E-state index in [-0.39, 0.29) is 0 Å². The van der Waals surface area contributed by atoms with Gasteiger partial charge in [0, 0.05) is 50.8 Å². The number of hydrogen-bond donors (Lipinski definition) is 1. The third kappa shape index (κ3) is 5.68. The van der Waals surface area contributed by atoms with Crippen LogP contribution in [0.1, 0.15) is 47.5 Å². The van der Waals surface area contributed by atoms with Gasteiger partial charge in [0.05, 0.1) is 0 Å². The minimum atomic E-state index is 0.333. The van der Waals surface area contributed by atoms with E-state index in [2.05, 4.69) is 49.7 Å².